The number of carbonyl (C=O) groups excluding carboxylic acids is 3. The first kappa shape index (κ1) is 43.5. The van der Waals surface area contributed by atoms with Gasteiger partial charge >= 0.3 is 11.9 Å². The van der Waals surface area contributed by atoms with Gasteiger partial charge in [0.2, 0.25) is 11.4 Å². The van der Waals surface area contributed by atoms with Gasteiger partial charge in [-0.05, 0) is 73.0 Å². The van der Waals surface area contributed by atoms with Gasteiger partial charge in [-0.2, -0.15) is 4.98 Å². The van der Waals surface area contributed by atoms with Crippen molar-refractivity contribution in [1.82, 2.24) is 30.6 Å². The van der Waals surface area contributed by atoms with E-state index in [-0.39, 0.29) is 112 Å². The highest BCUT2D eigenvalue weighted by Gasteiger charge is 2.26. The van der Waals surface area contributed by atoms with Gasteiger partial charge in [0.05, 0.1) is 24.0 Å². The second-order valence-electron chi connectivity index (χ2n) is 14.3. The van der Waals surface area contributed by atoms with E-state index in [9.17, 15) is 57.7 Å². The number of fused-ring (bicyclic) bond motifs is 3. The number of phenols is 1. The van der Waals surface area contributed by atoms with E-state index in [1.54, 1.807) is 12.1 Å². The quantitative estimate of drug-likeness (QED) is 0.0498. The van der Waals surface area contributed by atoms with Crippen LogP contribution in [-0.2, 0) is 16.1 Å². The van der Waals surface area contributed by atoms with Crippen molar-refractivity contribution in [3.8, 4) is 28.2 Å². The summed E-state index contributed by atoms with van der Waals surface area (Å²) in [7, 11) is 0. The molecule has 0 radical (unpaired) electrons. The average molecular weight is 877 g/mol. The molecule has 2 amide bonds. The van der Waals surface area contributed by atoms with Crippen LogP contribution in [0.5, 0.6) is 5.75 Å². The number of nitrogen functional groups attached to an aromatic ring is 1. The first-order chi connectivity index (χ1) is 30.6. The summed E-state index contributed by atoms with van der Waals surface area (Å²) in [6, 6.07) is 11.6. The summed E-state index contributed by atoms with van der Waals surface area (Å²) in [5.41, 5.74) is 4.22. The number of hydrogen-bond acceptors (Lipinski definition) is 14. The number of amides is 2. The summed E-state index contributed by atoms with van der Waals surface area (Å²) in [4.78, 5) is 102. The number of Topliss-reactive ketones (excluding diaryl/α,β-unsaturated/α-hetero) is 1. The standard InChI is InChI=1S/C43H34F2N8O11/c44-28-13-26-33(15-31(28)55)64-34-16-32(56)29(45)14-27(34)35(26)25-12-20(5-9-24(25)41(60)61)38(57)47-11-1-2-23(54)8-10-30(42(62)63)51-39(58)19-3-6-21(7-4-19)48-17-22-18-49-37-36(50-22)40(59)53-43(46)52-37/h3-7,9,12-16,18,30,48,55H,1-2,8,10-11,17H2,(H,47,57)(H,51,58)(H,60,61)(H,62,63)(H3,46,49,52,53,59)/t30-/m0/s1. The van der Waals surface area contributed by atoms with E-state index in [0.717, 1.165) is 30.3 Å². The zero-order valence-corrected chi connectivity index (χ0v) is 33.0. The summed E-state index contributed by atoms with van der Waals surface area (Å²) >= 11 is 0. The number of nitrogens with one attached hydrogen (secondary N) is 4. The Morgan fingerprint density at radius 2 is 1.61 bits per heavy atom. The van der Waals surface area contributed by atoms with Crippen LogP contribution >= 0.6 is 0 Å². The van der Waals surface area contributed by atoms with Gasteiger partial charge in [-0.15, -0.1) is 0 Å². The van der Waals surface area contributed by atoms with Crippen LogP contribution in [0, 0.1) is 11.6 Å². The fourth-order valence-electron chi connectivity index (χ4n) is 6.78. The molecule has 21 heteroatoms. The number of carbonyl (C=O) groups is 5. The Kier molecular flexibility index (Phi) is 12.3. The Morgan fingerprint density at radius 3 is 2.34 bits per heavy atom. The molecule has 0 saturated heterocycles. The third-order valence-corrected chi connectivity index (χ3v) is 9.96. The van der Waals surface area contributed by atoms with Gasteiger partial charge in [0, 0.05) is 64.8 Å². The number of aromatic carboxylic acids is 1. The second-order valence-corrected chi connectivity index (χ2v) is 14.3. The van der Waals surface area contributed by atoms with Gasteiger partial charge in [0.25, 0.3) is 17.4 Å². The van der Waals surface area contributed by atoms with E-state index in [4.69, 9.17) is 10.2 Å². The topological polar surface area (TPSA) is 310 Å². The molecule has 7 rings (SSSR count). The minimum Gasteiger partial charge on any atom is -0.505 e. The molecular formula is C43H34F2N8O11. The molecule has 3 aromatic carbocycles. The summed E-state index contributed by atoms with van der Waals surface area (Å²) in [5, 5.41) is 37.8. The predicted molar refractivity (Wildman–Crippen MR) is 224 cm³/mol. The monoisotopic (exact) mass is 876 g/mol. The van der Waals surface area contributed by atoms with Crippen molar-refractivity contribution in [2.45, 2.75) is 38.3 Å². The van der Waals surface area contributed by atoms with Crippen molar-refractivity contribution in [3.05, 3.63) is 128 Å². The lowest BCUT2D eigenvalue weighted by atomic mass is 9.89. The molecule has 64 heavy (non-hydrogen) atoms. The first-order valence-electron chi connectivity index (χ1n) is 19.2. The highest BCUT2D eigenvalue weighted by Crippen LogP contribution is 2.43. The zero-order valence-electron chi connectivity index (χ0n) is 33.0. The molecule has 1 atom stereocenters. The summed E-state index contributed by atoms with van der Waals surface area (Å²) < 4.78 is 34.9. The number of rotatable bonds is 16. The molecule has 0 unspecified atom stereocenters. The molecule has 0 spiro atoms. The molecule has 5 aromatic rings. The van der Waals surface area contributed by atoms with Crippen LogP contribution in [0.2, 0.25) is 0 Å². The molecule has 3 heterocycles. The van der Waals surface area contributed by atoms with Crippen LogP contribution in [0.1, 0.15) is 62.5 Å². The number of nitrogens with two attached hydrogens (primary N) is 1. The average Bonchev–Trinajstić information content (AvgIpc) is 3.26. The molecule has 1 aliphatic carbocycles. The van der Waals surface area contributed by atoms with Crippen molar-refractivity contribution < 1.29 is 52.5 Å². The Labute approximate surface area is 357 Å². The largest absolute Gasteiger partial charge is 0.505 e. The number of aromatic amines is 1. The smallest absolute Gasteiger partial charge is 0.336 e. The molecule has 0 saturated carbocycles. The number of ketones is 1. The molecule has 2 aliphatic rings. The van der Waals surface area contributed by atoms with Crippen LogP contribution in [0.15, 0.2) is 86.9 Å². The van der Waals surface area contributed by atoms with Crippen LogP contribution in [-0.4, -0.2) is 77.4 Å². The van der Waals surface area contributed by atoms with Crippen molar-refractivity contribution in [1.29, 1.82) is 0 Å². The van der Waals surface area contributed by atoms with Crippen LogP contribution in [0.4, 0.5) is 20.4 Å². The van der Waals surface area contributed by atoms with Crippen LogP contribution in [0.25, 0.3) is 44.6 Å². The molecular weight excluding hydrogens is 843 g/mol. The van der Waals surface area contributed by atoms with Gasteiger partial charge in [0.15, 0.2) is 28.5 Å². The second kappa shape index (κ2) is 18.2. The molecule has 326 valence electrons. The Hall–Kier alpha value is -8.62. The number of halogens is 2. The molecule has 2 aromatic heterocycles. The Morgan fingerprint density at radius 1 is 0.859 bits per heavy atom. The highest BCUT2D eigenvalue weighted by atomic mass is 19.1. The number of aliphatic carboxylic acids is 1. The maximum atomic E-state index is 14.7. The molecule has 0 fully saturated rings. The lowest BCUT2D eigenvalue weighted by Gasteiger charge is -2.18. The van der Waals surface area contributed by atoms with E-state index in [0.29, 0.717) is 11.4 Å². The first-order valence-corrected chi connectivity index (χ1v) is 19.2. The predicted octanol–water partition coefficient (Wildman–Crippen LogP) is 4.21. The number of H-pyrrole nitrogens is 1. The molecule has 1 aliphatic heterocycles. The Balaban J connectivity index is 0.931. The van der Waals surface area contributed by atoms with Crippen molar-refractivity contribution in [2.24, 2.45) is 0 Å². The van der Waals surface area contributed by atoms with Gasteiger partial charge in [-0.3, -0.25) is 29.0 Å². The number of aromatic nitrogens is 4. The number of benzene rings is 4. The van der Waals surface area contributed by atoms with Crippen LogP contribution < -0.4 is 32.7 Å². The number of anilines is 2. The SMILES string of the molecule is Nc1nc2ncc(CNc3ccc(C(=O)N[C@@H](CCC(=O)CCCNC(=O)c4ccc(C(=O)O)c(-c5c6cc(F)c(=O)cc-6oc6cc(O)c(F)cc56)c4)C(=O)O)cc3)nc2c(=O)[nH]1. The van der Waals surface area contributed by atoms with E-state index in [1.165, 1.54) is 30.5 Å². The third kappa shape index (κ3) is 9.47. The minimum atomic E-state index is -1.45. The van der Waals surface area contributed by atoms with Gasteiger partial charge in [-0.25, -0.2) is 28.3 Å². The minimum absolute atomic E-state index is 0.0127. The lowest BCUT2D eigenvalue weighted by Crippen LogP contribution is -2.41. The summed E-state index contributed by atoms with van der Waals surface area (Å²) in [6.45, 7) is 0.129. The van der Waals surface area contributed by atoms with Crippen LogP contribution in [0.3, 0.4) is 0 Å². The fraction of sp³-hybridized carbons (Fsp3) is 0.163. The molecule has 9 N–H and O–H groups in total. The normalized spacial score (nSPS) is 11.7. The number of phenolic OH excluding ortho intramolecular Hbond substituents is 1. The number of nitrogens with zero attached hydrogens (tertiary/aromatic N) is 3. The van der Waals surface area contributed by atoms with Crippen molar-refractivity contribution in [2.75, 3.05) is 17.6 Å². The van der Waals surface area contributed by atoms with Gasteiger partial charge in [0.1, 0.15) is 23.2 Å². The zero-order chi connectivity index (χ0) is 45.8. The number of carboxylic acids is 2. The van der Waals surface area contributed by atoms with Crippen molar-refractivity contribution >= 4 is 63.3 Å². The number of carboxylic acid groups (broad SMARTS) is 2. The van der Waals surface area contributed by atoms with E-state index in [1.807, 2.05) is 0 Å². The Bertz CT molecular complexity index is 3120. The van der Waals surface area contributed by atoms with E-state index < -0.39 is 58.2 Å². The fourth-order valence-corrected chi connectivity index (χ4v) is 6.78. The maximum Gasteiger partial charge on any atom is 0.336 e. The van der Waals surface area contributed by atoms with Gasteiger partial charge in [-0.1, -0.05) is 0 Å². The van der Waals surface area contributed by atoms with Crippen molar-refractivity contribution in [3.63, 3.8) is 0 Å². The third-order valence-electron chi connectivity index (χ3n) is 9.96. The van der Waals surface area contributed by atoms with E-state index in [2.05, 4.69) is 35.9 Å². The highest BCUT2D eigenvalue weighted by molar-refractivity contribution is 6.09. The van der Waals surface area contributed by atoms with Gasteiger partial charge < -0.3 is 41.4 Å². The lowest BCUT2D eigenvalue weighted by molar-refractivity contribution is -0.139. The molecule has 0 bridgehead atoms. The molecule has 19 nitrogen and oxygen atoms in total. The number of hydrogen-bond donors (Lipinski definition) is 8. The maximum absolute atomic E-state index is 14.7. The van der Waals surface area contributed by atoms with E-state index >= 15 is 0 Å². The summed E-state index contributed by atoms with van der Waals surface area (Å²) in [5.74, 6) is -7.97. The summed E-state index contributed by atoms with van der Waals surface area (Å²) in [6.07, 6.45) is 1.05. The number of aromatic hydroxyl groups is 1.